The van der Waals surface area contributed by atoms with Gasteiger partial charge in [0, 0.05) is 5.69 Å². The van der Waals surface area contributed by atoms with Crippen LogP contribution in [0, 0.1) is 10.5 Å². The van der Waals surface area contributed by atoms with Crippen molar-refractivity contribution in [1.82, 2.24) is 15.0 Å². The zero-order valence-electron chi connectivity index (χ0n) is 10.5. The van der Waals surface area contributed by atoms with Crippen molar-refractivity contribution in [2.24, 2.45) is 0 Å². The van der Waals surface area contributed by atoms with E-state index >= 15 is 0 Å². The van der Waals surface area contributed by atoms with Crippen LogP contribution in [0.3, 0.4) is 0 Å². The molecule has 0 aromatic carbocycles. The lowest BCUT2D eigenvalue weighted by Crippen LogP contribution is -2.17. The van der Waals surface area contributed by atoms with E-state index in [2.05, 4.69) is 15.0 Å². The van der Waals surface area contributed by atoms with Gasteiger partial charge in [0.05, 0.1) is 9.26 Å². The molecule has 0 saturated heterocycles. The SMILES string of the molecule is Cc1cccc(-c2nc(C(C)C)c(I)c(=O)[nH]2)n1. The Morgan fingerprint density at radius 3 is 2.61 bits per heavy atom. The Kier molecular flexibility index (Phi) is 3.79. The predicted molar refractivity (Wildman–Crippen MR) is 79.6 cm³/mol. The van der Waals surface area contributed by atoms with Gasteiger partial charge < -0.3 is 4.98 Å². The Hall–Kier alpha value is -1.24. The molecule has 0 amide bonds. The number of aromatic amines is 1. The Balaban J connectivity index is 2.63. The number of halogens is 1. The zero-order valence-corrected chi connectivity index (χ0v) is 12.6. The molecule has 94 valence electrons. The molecule has 0 spiro atoms. The van der Waals surface area contributed by atoms with E-state index in [-0.39, 0.29) is 11.5 Å². The second-order valence-corrected chi connectivity index (χ2v) is 5.51. The Labute approximate surface area is 119 Å². The second kappa shape index (κ2) is 5.17. The third-order valence-electron chi connectivity index (χ3n) is 2.57. The minimum atomic E-state index is -0.104. The first-order valence-electron chi connectivity index (χ1n) is 5.72. The van der Waals surface area contributed by atoms with E-state index in [1.165, 1.54) is 0 Å². The van der Waals surface area contributed by atoms with E-state index in [0.717, 1.165) is 11.4 Å². The van der Waals surface area contributed by atoms with Gasteiger partial charge in [-0.15, -0.1) is 0 Å². The van der Waals surface area contributed by atoms with Gasteiger partial charge in [0.1, 0.15) is 5.69 Å². The van der Waals surface area contributed by atoms with Crippen molar-refractivity contribution < 1.29 is 0 Å². The molecule has 0 unspecified atom stereocenters. The van der Waals surface area contributed by atoms with Crippen molar-refractivity contribution in [3.8, 4) is 11.5 Å². The van der Waals surface area contributed by atoms with Crippen LogP contribution in [0.1, 0.15) is 31.2 Å². The minimum absolute atomic E-state index is 0.104. The molecule has 2 aromatic heterocycles. The van der Waals surface area contributed by atoms with E-state index < -0.39 is 0 Å². The van der Waals surface area contributed by atoms with E-state index in [1.54, 1.807) is 0 Å². The Morgan fingerprint density at radius 2 is 2.00 bits per heavy atom. The molecular formula is C13H14IN3O. The third kappa shape index (κ3) is 2.60. The Morgan fingerprint density at radius 1 is 1.28 bits per heavy atom. The van der Waals surface area contributed by atoms with Crippen LogP contribution in [0.4, 0.5) is 0 Å². The van der Waals surface area contributed by atoms with Crippen LogP contribution >= 0.6 is 22.6 Å². The summed E-state index contributed by atoms with van der Waals surface area (Å²) < 4.78 is 0.652. The topological polar surface area (TPSA) is 58.6 Å². The fourth-order valence-electron chi connectivity index (χ4n) is 1.66. The van der Waals surface area contributed by atoms with Crippen LogP contribution in [0.5, 0.6) is 0 Å². The highest BCUT2D eigenvalue weighted by Gasteiger charge is 2.13. The van der Waals surface area contributed by atoms with Crippen molar-refractivity contribution in [1.29, 1.82) is 0 Å². The summed E-state index contributed by atoms with van der Waals surface area (Å²) in [4.78, 5) is 23.6. The minimum Gasteiger partial charge on any atom is -0.304 e. The van der Waals surface area contributed by atoms with Gasteiger partial charge in [0.15, 0.2) is 5.82 Å². The fraction of sp³-hybridized carbons (Fsp3) is 0.308. The maximum absolute atomic E-state index is 11.9. The number of aromatic nitrogens is 3. The van der Waals surface area contributed by atoms with Gasteiger partial charge in [-0.2, -0.15) is 0 Å². The first-order chi connectivity index (χ1) is 8.49. The van der Waals surface area contributed by atoms with E-state index in [9.17, 15) is 4.79 Å². The van der Waals surface area contributed by atoms with E-state index in [1.807, 2.05) is 61.6 Å². The monoisotopic (exact) mass is 355 g/mol. The van der Waals surface area contributed by atoms with Crippen molar-refractivity contribution >= 4 is 22.6 Å². The van der Waals surface area contributed by atoms with Gasteiger partial charge >= 0.3 is 0 Å². The highest BCUT2D eigenvalue weighted by Crippen LogP contribution is 2.19. The molecule has 2 aromatic rings. The predicted octanol–water partition coefficient (Wildman–Crippen LogP) is 2.87. The summed E-state index contributed by atoms with van der Waals surface area (Å²) in [6.07, 6.45) is 0. The highest BCUT2D eigenvalue weighted by atomic mass is 127. The molecule has 0 saturated carbocycles. The van der Waals surface area contributed by atoms with Gasteiger partial charge in [-0.05, 0) is 47.6 Å². The summed E-state index contributed by atoms with van der Waals surface area (Å²) in [7, 11) is 0. The maximum atomic E-state index is 11.9. The zero-order chi connectivity index (χ0) is 13.3. The molecule has 4 nitrogen and oxygen atoms in total. The molecular weight excluding hydrogens is 341 g/mol. The molecule has 0 atom stereocenters. The molecule has 18 heavy (non-hydrogen) atoms. The lowest BCUT2D eigenvalue weighted by atomic mass is 10.1. The molecule has 5 heteroatoms. The van der Waals surface area contributed by atoms with Crippen LogP contribution in [0.25, 0.3) is 11.5 Å². The summed E-state index contributed by atoms with van der Waals surface area (Å²) in [6, 6.07) is 5.67. The van der Waals surface area contributed by atoms with Gasteiger partial charge in [-0.3, -0.25) is 4.79 Å². The van der Waals surface area contributed by atoms with Crippen LogP contribution in [0.15, 0.2) is 23.0 Å². The number of hydrogen-bond acceptors (Lipinski definition) is 3. The van der Waals surface area contributed by atoms with Crippen molar-refractivity contribution in [3.63, 3.8) is 0 Å². The third-order valence-corrected chi connectivity index (χ3v) is 3.61. The van der Waals surface area contributed by atoms with Gasteiger partial charge in [0.2, 0.25) is 0 Å². The summed E-state index contributed by atoms with van der Waals surface area (Å²) >= 11 is 2.04. The van der Waals surface area contributed by atoms with Crippen molar-refractivity contribution in [2.75, 3.05) is 0 Å². The average Bonchev–Trinajstić information content (AvgIpc) is 2.32. The van der Waals surface area contributed by atoms with Crippen LogP contribution in [-0.2, 0) is 0 Å². The number of rotatable bonds is 2. The molecule has 2 rings (SSSR count). The van der Waals surface area contributed by atoms with E-state index in [0.29, 0.717) is 15.1 Å². The quantitative estimate of drug-likeness (QED) is 0.843. The summed E-state index contributed by atoms with van der Waals surface area (Å²) in [5.41, 5.74) is 2.32. The lowest BCUT2D eigenvalue weighted by molar-refractivity contribution is 0.801. The van der Waals surface area contributed by atoms with E-state index in [4.69, 9.17) is 0 Å². The van der Waals surface area contributed by atoms with Crippen LogP contribution in [0.2, 0.25) is 0 Å². The average molecular weight is 355 g/mol. The normalized spacial score (nSPS) is 10.9. The molecule has 0 aliphatic rings. The van der Waals surface area contributed by atoms with Gasteiger partial charge in [-0.25, -0.2) is 9.97 Å². The maximum Gasteiger partial charge on any atom is 0.264 e. The molecule has 0 radical (unpaired) electrons. The number of aryl methyl sites for hydroxylation is 1. The molecule has 0 fully saturated rings. The van der Waals surface area contributed by atoms with Crippen LogP contribution < -0.4 is 5.56 Å². The van der Waals surface area contributed by atoms with Crippen molar-refractivity contribution in [3.05, 3.63) is 43.5 Å². The van der Waals surface area contributed by atoms with Crippen LogP contribution in [-0.4, -0.2) is 15.0 Å². The molecule has 0 aliphatic carbocycles. The molecule has 1 N–H and O–H groups in total. The molecule has 0 aliphatic heterocycles. The summed E-state index contributed by atoms with van der Waals surface area (Å²) in [5, 5.41) is 0. The summed E-state index contributed by atoms with van der Waals surface area (Å²) in [5.74, 6) is 0.746. The first kappa shape index (κ1) is 13.2. The number of hydrogen-bond donors (Lipinski definition) is 1. The standard InChI is InChI=1S/C13H14IN3O/c1-7(2)11-10(14)13(18)17-12(16-11)9-6-4-5-8(3)15-9/h4-7H,1-3H3,(H,16,17,18). The molecule has 0 bridgehead atoms. The number of nitrogens with zero attached hydrogens (tertiary/aromatic N) is 2. The van der Waals surface area contributed by atoms with Gasteiger partial charge in [-0.1, -0.05) is 19.9 Å². The lowest BCUT2D eigenvalue weighted by Gasteiger charge is -2.09. The Bertz CT molecular complexity index is 634. The number of pyridine rings is 1. The molecule has 2 heterocycles. The van der Waals surface area contributed by atoms with Crippen molar-refractivity contribution in [2.45, 2.75) is 26.7 Å². The number of nitrogens with one attached hydrogen (secondary N) is 1. The smallest absolute Gasteiger partial charge is 0.264 e. The second-order valence-electron chi connectivity index (χ2n) is 4.43. The summed E-state index contributed by atoms with van der Waals surface area (Å²) in [6.45, 7) is 5.96. The first-order valence-corrected chi connectivity index (χ1v) is 6.80. The largest absolute Gasteiger partial charge is 0.304 e. The fourth-order valence-corrected chi connectivity index (χ4v) is 2.53. The number of H-pyrrole nitrogens is 1. The van der Waals surface area contributed by atoms with Gasteiger partial charge in [0.25, 0.3) is 5.56 Å². The highest BCUT2D eigenvalue weighted by molar-refractivity contribution is 14.1.